The molecule has 1 aliphatic rings. The van der Waals surface area contributed by atoms with E-state index in [1.807, 2.05) is 0 Å². The number of nitrogens with zero attached hydrogens (tertiary/aromatic N) is 3. The highest BCUT2D eigenvalue weighted by Gasteiger charge is 2.21. The lowest BCUT2D eigenvalue weighted by Crippen LogP contribution is -2.94. The minimum Gasteiger partial charge on any atom is -0.341 e. The molecular formula is C14H18FN4S+. The van der Waals surface area contributed by atoms with Crippen LogP contribution in [0.5, 0.6) is 0 Å². The van der Waals surface area contributed by atoms with Crippen molar-refractivity contribution < 1.29 is 9.71 Å². The summed E-state index contributed by atoms with van der Waals surface area (Å²) in [4.78, 5) is 6.91. The number of nitrogens with two attached hydrogens (primary N) is 1. The van der Waals surface area contributed by atoms with Crippen molar-refractivity contribution in [1.29, 1.82) is 0 Å². The van der Waals surface area contributed by atoms with E-state index in [0.29, 0.717) is 12.5 Å². The van der Waals surface area contributed by atoms with Crippen molar-refractivity contribution in [3.8, 4) is 0 Å². The van der Waals surface area contributed by atoms with Crippen LogP contribution < -0.4 is 10.2 Å². The van der Waals surface area contributed by atoms with E-state index < -0.39 is 0 Å². The molecule has 0 aliphatic carbocycles. The van der Waals surface area contributed by atoms with Gasteiger partial charge in [0.25, 0.3) is 0 Å². The fourth-order valence-electron chi connectivity index (χ4n) is 2.43. The third-order valence-electron chi connectivity index (χ3n) is 3.48. The Morgan fingerprint density at radius 2 is 2.20 bits per heavy atom. The van der Waals surface area contributed by atoms with Crippen LogP contribution in [-0.4, -0.2) is 35.0 Å². The first-order valence-corrected chi connectivity index (χ1v) is 7.63. The van der Waals surface area contributed by atoms with Gasteiger partial charge >= 0.3 is 0 Å². The summed E-state index contributed by atoms with van der Waals surface area (Å²) in [6.07, 6.45) is 0.659. The summed E-state index contributed by atoms with van der Waals surface area (Å²) in [6, 6.07) is 7.13. The van der Waals surface area contributed by atoms with Crippen LogP contribution in [0.3, 0.4) is 0 Å². The largest absolute Gasteiger partial charge is 0.341 e. The number of aromatic nitrogens is 2. The van der Waals surface area contributed by atoms with Gasteiger partial charge in [-0.05, 0) is 24.6 Å². The zero-order valence-corrected chi connectivity index (χ0v) is 12.2. The van der Waals surface area contributed by atoms with Gasteiger partial charge in [-0.25, -0.2) is 9.37 Å². The van der Waals surface area contributed by atoms with E-state index in [1.165, 1.54) is 23.7 Å². The summed E-state index contributed by atoms with van der Waals surface area (Å²) in [5.74, 6) is 0.609. The first kappa shape index (κ1) is 13.5. The topological polar surface area (TPSA) is 45.6 Å². The van der Waals surface area contributed by atoms with Crippen LogP contribution in [0.4, 0.5) is 9.52 Å². The van der Waals surface area contributed by atoms with Crippen molar-refractivity contribution in [2.24, 2.45) is 0 Å². The second-order valence-corrected chi connectivity index (χ2v) is 5.97. The SMILES string of the molecule is C[C@@H]1CN(c2nc(Cc3ccc(F)cc3)ns2)CC[NH2+]1. The van der Waals surface area contributed by atoms with E-state index in [-0.39, 0.29) is 5.82 Å². The van der Waals surface area contributed by atoms with Gasteiger partial charge in [0, 0.05) is 18.0 Å². The molecule has 0 saturated carbocycles. The molecule has 0 unspecified atom stereocenters. The Kier molecular flexibility index (Phi) is 3.93. The molecule has 2 N–H and O–H groups in total. The van der Waals surface area contributed by atoms with E-state index in [4.69, 9.17) is 0 Å². The summed E-state index contributed by atoms with van der Waals surface area (Å²) in [7, 11) is 0. The molecule has 0 spiro atoms. The minimum absolute atomic E-state index is 0.209. The van der Waals surface area contributed by atoms with Crippen LogP contribution >= 0.6 is 11.5 Å². The molecule has 2 heterocycles. The standard InChI is InChI=1S/C14H17FN4S/c1-10-9-19(7-6-16-10)14-17-13(18-20-14)8-11-2-4-12(15)5-3-11/h2-5,10,16H,6-9H2,1H3/p+1/t10-/m1/s1. The molecule has 0 bridgehead atoms. The second-order valence-electron chi connectivity index (χ2n) is 5.24. The summed E-state index contributed by atoms with van der Waals surface area (Å²) < 4.78 is 17.3. The van der Waals surface area contributed by atoms with E-state index in [0.717, 1.165) is 36.2 Å². The summed E-state index contributed by atoms with van der Waals surface area (Å²) in [5, 5.41) is 3.36. The van der Waals surface area contributed by atoms with E-state index in [1.54, 1.807) is 12.1 Å². The lowest BCUT2D eigenvalue weighted by atomic mass is 10.1. The van der Waals surface area contributed by atoms with Crippen molar-refractivity contribution in [3.63, 3.8) is 0 Å². The number of quaternary nitrogens is 1. The molecule has 0 radical (unpaired) electrons. The second kappa shape index (κ2) is 5.85. The highest BCUT2D eigenvalue weighted by molar-refractivity contribution is 7.09. The number of benzene rings is 1. The van der Waals surface area contributed by atoms with Gasteiger partial charge in [0.2, 0.25) is 5.13 Å². The summed E-state index contributed by atoms with van der Waals surface area (Å²) >= 11 is 1.46. The Bertz CT molecular complexity index is 569. The van der Waals surface area contributed by atoms with E-state index in [2.05, 4.69) is 26.5 Å². The molecule has 1 atom stereocenters. The molecule has 1 aliphatic heterocycles. The molecule has 3 rings (SSSR count). The molecular weight excluding hydrogens is 275 g/mol. The van der Waals surface area contributed by atoms with Crippen LogP contribution in [0, 0.1) is 5.82 Å². The zero-order valence-electron chi connectivity index (χ0n) is 11.4. The number of piperazine rings is 1. The maximum absolute atomic E-state index is 12.9. The average Bonchev–Trinajstić information content (AvgIpc) is 2.90. The smallest absolute Gasteiger partial charge is 0.205 e. The molecule has 6 heteroatoms. The maximum atomic E-state index is 12.9. The lowest BCUT2D eigenvalue weighted by molar-refractivity contribution is -0.687. The quantitative estimate of drug-likeness (QED) is 0.920. The zero-order chi connectivity index (χ0) is 13.9. The van der Waals surface area contributed by atoms with Crippen LogP contribution in [0.1, 0.15) is 18.3 Å². The highest BCUT2D eigenvalue weighted by atomic mass is 32.1. The van der Waals surface area contributed by atoms with E-state index in [9.17, 15) is 4.39 Å². The van der Waals surface area contributed by atoms with Gasteiger partial charge in [-0.1, -0.05) is 12.1 Å². The predicted octanol–water partition coefficient (Wildman–Crippen LogP) is 1.04. The fourth-order valence-corrected chi connectivity index (χ4v) is 3.15. The van der Waals surface area contributed by atoms with Crippen molar-refractivity contribution in [1.82, 2.24) is 9.36 Å². The van der Waals surface area contributed by atoms with Gasteiger partial charge in [-0.3, -0.25) is 0 Å². The maximum Gasteiger partial charge on any atom is 0.205 e. The number of anilines is 1. The Balaban J connectivity index is 1.68. The van der Waals surface area contributed by atoms with E-state index >= 15 is 0 Å². The Morgan fingerprint density at radius 3 is 2.95 bits per heavy atom. The first-order valence-electron chi connectivity index (χ1n) is 6.86. The molecule has 106 valence electrons. The predicted molar refractivity (Wildman–Crippen MR) is 77.6 cm³/mol. The number of hydrogen-bond acceptors (Lipinski definition) is 4. The molecule has 0 amide bonds. The van der Waals surface area contributed by atoms with Crippen molar-refractivity contribution in [2.75, 3.05) is 24.5 Å². The minimum atomic E-state index is -0.209. The normalized spacial score (nSPS) is 19.3. The Labute approximate surface area is 121 Å². The van der Waals surface area contributed by atoms with Crippen LogP contribution in [0.25, 0.3) is 0 Å². The Hall–Kier alpha value is -1.53. The Morgan fingerprint density at radius 1 is 1.40 bits per heavy atom. The number of hydrogen-bond donors (Lipinski definition) is 1. The van der Waals surface area contributed by atoms with Gasteiger partial charge in [-0.15, -0.1) is 0 Å². The average molecular weight is 293 g/mol. The van der Waals surface area contributed by atoms with Crippen molar-refractivity contribution in [3.05, 3.63) is 41.5 Å². The highest BCUT2D eigenvalue weighted by Crippen LogP contribution is 2.19. The van der Waals surface area contributed by atoms with Crippen LogP contribution in [0.2, 0.25) is 0 Å². The van der Waals surface area contributed by atoms with Gasteiger partial charge < -0.3 is 10.2 Å². The van der Waals surface area contributed by atoms with Gasteiger partial charge in [0.15, 0.2) is 0 Å². The number of halogens is 1. The molecule has 1 fully saturated rings. The summed E-state index contributed by atoms with van der Waals surface area (Å²) in [5.41, 5.74) is 1.04. The number of rotatable bonds is 3. The van der Waals surface area contributed by atoms with Gasteiger partial charge in [0.05, 0.1) is 19.6 Å². The molecule has 20 heavy (non-hydrogen) atoms. The summed E-state index contributed by atoms with van der Waals surface area (Å²) in [6.45, 7) is 5.38. The monoisotopic (exact) mass is 293 g/mol. The molecule has 4 nitrogen and oxygen atoms in total. The van der Waals surface area contributed by atoms with Crippen LogP contribution in [-0.2, 0) is 6.42 Å². The molecule has 1 saturated heterocycles. The van der Waals surface area contributed by atoms with Crippen molar-refractivity contribution >= 4 is 16.7 Å². The molecule has 1 aromatic heterocycles. The lowest BCUT2D eigenvalue weighted by Gasteiger charge is -2.28. The third kappa shape index (κ3) is 3.13. The van der Waals surface area contributed by atoms with Gasteiger partial charge in [0.1, 0.15) is 17.7 Å². The van der Waals surface area contributed by atoms with Crippen molar-refractivity contribution in [2.45, 2.75) is 19.4 Å². The third-order valence-corrected chi connectivity index (χ3v) is 4.29. The molecule has 2 aromatic rings. The fraction of sp³-hybridized carbons (Fsp3) is 0.429. The van der Waals surface area contributed by atoms with Gasteiger partial charge in [-0.2, -0.15) is 4.37 Å². The first-order chi connectivity index (χ1) is 9.70. The van der Waals surface area contributed by atoms with Crippen LogP contribution in [0.15, 0.2) is 24.3 Å². The molecule has 1 aromatic carbocycles.